The molecular weight excluding hydrogens is 408 g/mol. The molecule has 33 heavy (non-hydrogen) atoms. The molecule has 3 nitrogen and oxygen atoms in total. The Bertz CT molecular complexity index is 455. The zero-order valence-corrected chi connectivity index (χ0v) is 22.0. The molecule has 0 aliphatic heterocycles. The molecule has 0 aromatic heterocycles. The zero-order valence-electron chi connectivity index (χ0n) is 22.0. The number of aliphatic hydroxyl groups is 1. The highest BCUT2D eigenvalue weighted by atomic mass is 16.4. The average molecular weight is 465 g/mol. The van der Waals surface area contributed by atoms with Gasteiger partial charge in [0.25, 0.3) is 0 Å². The van der Waals surface area contributed by atoms with E-state index in [1.54, 1.807) is 0 Å². The molecule has 0 aromatic carbocycles. The lowest BCUT2D eigenvalue weighted by Gasteiger charge is -2.07. The topological polar surface area (TPSA) is 57.5 Å². The van der Waals surface area contributed by atoms with Gasteiger partial charge in [0.1, 0.15) is 0 Å². The Morgan fingerprint density at radius 3 is 1.58 bits per heavy atom. The van der Waals surface area contributed by atoms with E-state index in [9.17, 15) is 9.90 Å². The Hall–Kier alpha value is -1.09. The molecule has 0 spiro atoms. The first-order chi connectivity index (χ1) is 16.2. The fourth-order valence-corrected chi connectivity index (χ4v) is 4.21. The molecule has 0 amide bonds. The summed E-state index contributed by atoms with van der Waals surface area (Å²) in [6.45, 7) is 2.22. The molecule has 194 valence electrons. The van der Waals surface area contributed by atoms with Crippen LogP contribution in [0.2, 0.25) is 0 Å². The number of aliphatic hydroxyl groups excluding tert-OH is 1. The van der Waals surface area contributed by atoms with Crippen LogP contribution in [-0.4, -0.2) is 22.3 Å². The quantitative estimate of drug-likeness (QED) is 0.0989. The molecule has 2 N–H and O–H groups in total. The molecule has 0 aliphatic carbocycles. The van der Waals surface area contributed by atoms with Crippen LogP contribution in [0.4, 0.5) is 0 Å². The lowest BCUT2D eigenvalue weighted by atomic mass is 10.0. The van der Waals surface area contributed by atoms with Crippen LogP contribution in [0.25, 0.3) is 0 Å². The molecule has 0 radical (unpaired) electrons. The number of carboxylic acids is 1. The summed E-state index contributed by atoms with van der Waals surface area (Å²) >= 11 is 0. The number of allylic oxidation sites excluding steroid dienone is 3. The van der Waals surface area contributed by atoms with E-state index < -0.39 is 5.97 Å². The Kier molecular flexibility index (Phi) is 26.3. The van der Waals surface area contributed by atoms with E-state index in [2.05, 4.69) is 31.2 Å². The minimum Gasteiger partial charge on any atom is -0.481 e. The van der Waals surface area contributed by atoms with Gasteiger partial charge in [0.05, 0.1) is 6.10 Å². The third kappa shape index (κ3) is 28.9. The van der Waals surface area contributed by atoms with E-state index in [1.165, 1.54) is 103 Å². The molecule has 0 fully saturated rings. The highest BCUT2D eigenvalue weighted by molar-refractivity contribution is 5.66. The van der Waals surface area contributed by atoms with Crippen LogP contribution in [0.5, 0.6) is 0 Å². The van der Waals surface area contributed by atoms with E-state index in [-0.39, 0.29) is 6.10 Å². The summed E-state index contributed by atoms with van der Waals surface area (Å²) in [7, 11) is 0. The van der Waals surface area contributed by atoms with Gasteiger partial charge >= 0.3 is 5.97 Å². The number of hydrogen-bond donors (Lipinski definition) is 2. The highest BCUT2D eigenvalue weighted by Crippen LogP contribution is 2.15. The molecule has 1 unspecified atom stereocenters. The summed E-state index contributed by atoms with van der Waals surface area (Å²) in [5.41, 5.74) is 0. The summed E-state index contributed by atoms with van der Waals surface area (Å²) in [6, 6.07) is 0. The zero-order chi connectivity index (χ0) is 24.2. The van der Waals surface area contributed by atoms with Gasteiger partial charge in [-0.05, 0) is 32.1 Å². The van der Waals surface area contributed by atoms with Crippen molar-refractivity contribution in [2.75, 3.05) is 0 Å². The molecule has 0 aliphatic rings. The number of unbranched alkanes of at least 4 members (excludes halogenated alkanes) is 17. The number of carbonyl (C=O) groups is 1. The summed E-state index contributed by atoms with van der Waals surface area (Å²) < 4.78 is 0. The standard InChI is InChI=1S/C30H56O3/c1-2-3-4-5-6-17-20-23-26-29(31)27-24-21-18-15-13-11-9-7-8-10-12-14-16-19-22-25-28-30(32)33/h5-6,20,23,29,31H,2-4,7-19,21-22,24-28H2,1H3,(H,32,33). The van der Waals surface area contributed by atoms with Gasteiger partial charge in [-0.3, -0.25) is 4.79 Å². The lowest BCUT2D eigenvalue weighted by Crippen LogP contribution is -2.04. The van der Waals surface area contributed by atoms with Crippen LogP contribution < -0.4 is 0 Å². The second-order valence-electron chi connectivity index (χ2n) is 9.80. The fraction of sp³-hybridized carbons (Fsp3) is 0.833. The molecule has 0 heterocycles. The van der Waals surface area contributed by atoms with E-state index in [1.807, 2.05) is 0 Å². The third-order valence-corrected chi connectivity index (χ3v) is 6.42. The van der Waals surface area contributed by atoms with Crippen LogP contribution in [0.15, 0.2) is 24.3 Å². The van der Waals surface area contributed by atoms with Crippen LogP contribution in [-0.2, 0) is 4.79 Å². The van der Waals surface area contributed by atoms with E-state index in [4.69, 9.17) is 5.11 Å². The van der Waals surface area contributed by atoms with E-state index in [0.29, 0.717) is 6.42 Å². The second-order valence-corrected chi connectivity index (χ2v) is 9.80. The van der Waals surface area contributed by atoms with Crippen molar-refractivity contribution < 1.29 is 15.0 Å². The predicted octanol–water partition coefficient (Wildman–Crippen LogP) is 9.54. The third-order valence-electron chi connectivity index (χ3n) is 6.42. The van der Waals surface area contributed by atoms with E-state index >= 15 is 0 Å². The monoisotopic (exact) mass is 464 g/mol. The molecule has 3 heteroatoms. The average Bonchev–Trinajstić information content (AvgIpc) is 2.79. The fourth-order valence-electron chi connectivity index (χ4n) is 4.21. The Labute approximate surface area is 206 Å². The molecular formula is C30H56O3. The molecule has 0 saturated heterocycles. The number of rotatable bonds is 26. The predicted molar refractivity (Wildman–Crippen MR) is 144 cm³/mol. The smallest absolute Gasteiger partial charge is 0.303 e. The summed E-state index contributed by atoms with van der Waals surface area (Å²) in [4.78, 5) is 10.4. The molecule has 1 atom stereocenters. The van der Waals surface area contributed by atoms with Crippen molar-refractivity contribution in [1.29, 1.82) is 0 Å². The van der Waals surface area contributed by atoms with Crippen LogP contribution in [0.3, 0.4) is 0 Å². The molecule has 0 aromatic rings. The van der Waals surface area contributed by atoms with Gasteiger partial charge in [-0.15, -0.1) is 0 Å². The maximum Gasteiger partial charge on any atom is 0.303 e. The number of aliphatic carboxylic acids is 1. The first-order valence-electron chi connectivity index (χ1n) is 14.4. The minimum atomic E-state index is -0.661. The van der Waals surface area contributed by atoms with Gasteiger partial charge in [-0.2, -0.15) is 0 Å². The Morgan fingerprint density at radius 1 is 0.636 bits per heavy atom. The van der Waals surface area contributed by atoms with Crippen LogP contribution in [0, 0.1) is 0 Å². The van der Waals surface area contributed by atoms with Gasteiger partial charge < -0.3 is 10.2 Å². The first kappa shape index (κ1) is 31.9. The van der Waals surface area contributed by atoms with E-state index in [0.717, 1.165) is 38.5 Å². The lowest BCUT2D eigenvalue weighted by molar-refractivity contribution is -0.137. The van der Waals surface area contributed by atoms with Gasteiger partial charge in [0, 0.05) is 6.42 Å². The number of hydrogen-bond acceptors (Lipinski definition) is 2. The van der Waals surface area contributed by atoms with Gasteiger partial charge in [0.2, 0.25) is 0 Å². The van der Waals surface area contributed by atoms with Crippen molar-refractivity contribution in [3.63, 3.8) is 0 Å². The normalized spacial score (nSPS) is 12.8. The largest absolute Gasteiger partial charge is 0.481 e. The summed E-state index contributed by atoms with van der Waals surface area (Å²) in [6.07, 6.45) is 35.8. The summed E-state index contributed by atoms with van der Waals surface area (Å²) in [5.74, 6) is -0.661. The van der Waals surface area contributed by atoms with Crippen LogP contribution in [0.1, 0.15) is 155 Å². The van der Waals surface area contributed by atoms with Gasteiger partial charge in [-0.1, -0.05) is 140 Å². The first-order valence-corrected chi connectivity index (χ1v) is 14.4. The minimum absolute atomic E-state index is 0.165. The van der Waals surface area contributed by atoms with Crippen molar-refractivity contribution in [1.82, 2.24) is 0 Å². The number of carboxylic acid groups (broad SMARTS) is 1. The second kappa shape index (κ2) is 27.2. The molecule has 0 saturated carbocycles. The SMILES string of the molecule is CCCCC=CCC=CCC(O)CCCCCCCCCCCCCCCCCCC(=O)O. The molecule has 0 bridgehead atoms. The van der Waals surface area contributed by atoms with Crippen LogP contribution >= 0.6 is 0 Å². The van der Waals surface area contributed by atoms with Crippen molar-refractivity contribution in [3.8, 4) is 0 Å². The Balaban J connectivity index is 3.21. The maximum absolute atomic E-state index is 10.4. The Morgan fingerprint density at radius 2 is 1.09 bits per heavy atom. The summed E-state index contributed by atoms with van der Waals surface area (Å²) in [5, 5.41) is 18.7. The van der Waals surface area contributed by atoms with Crippen molar-refractivity contribution in [2.24, 2.45) is 0 Å². The van der Waals surface area contributed by atoms with Gasteiger partial charge in [0.15, 0.2) is 0 Å². The van der Waals surface area contributed by atoms with Crippen molar-refractivity contribution in [3.05, 3.63) is 24.3 Å². The molecule has 0 rings (SSSR count). The van der Waals surface area contributed by atoms with Crippen molar-refractivity contribution in [2.45, 2.75) is 161 Å². The van der Waals surface area contributed by atoms with Crippen molar-refractivity contribution >= 4 is 5.97 Å². The van der Waals surface area contributed by atoms with Gasteiger partial charge in [-0.25, -0.2) is 0 Å². The highest BCUT2D eigenvalue weighted by Gasteiger charge is 2.01. The maximum atomic E-state index is 10.4.